The number of carbonyl (C=O) groups excluding carboxylic acids is 1. The van der Waals surface area contributed by atoms with Crippen LogP contribution in [0.15, 0.2) is 42.5 Å². The number of fused-ring (bicyclic) bond motifs is 1. The van der Waals surface area contributed by atoms with Gasteiger partial charge in [-0.2, -0.15) is 11.8 Å². The van der Waals surface area contributed by atoms with Crippen LogP contribution < -0.4 is 4.90 Å². The molecule has 1 unspecified atom stereocenters. The molecule has 0 spiro atoms. The molecule has 4 rings (SSSR count). The van der Waals surface area contributed by atoms with Crippen molar-refractivity contribution in [1.29, 1.82) is 0 Å². The molecule has 0 bridgehead atoms. The van der Waals surface area contributed by atoms with Crippen LogP contribution in [0.2, 0.25) is 0 Å². The second-order valence-corrected chi connectivity index (χ2v) is 9.00. The Morgan fingerprint density at radius 3 is 2.62 bits per heavy atom. The highest BCUT2D eigenvalue weighted by Crippen LogP contribution is 2.32. The van der Waals surface area contributed by atoms with Gasteiger partial charge in [0.2, 0.25) is 0 Å². The zero-order valence-corrected chi connectivity index (χ0v) is 19.2. The first-order chi connectivity index (χ1) is 15.5. The van der Waals surface area contributed by atoms with Crippen LogP contribution in [0.5, 0.6) is 5.75 Å². The maximum Gasteiger partial charge on any atom is 0.251 e. The summed E-state index contributed by atoms with van der Waals surface area (Å²) < 4.78 is 0. The molecule has 1 atom stereocenters. The molecule has 1 fully saturated rings. The lowest BCUT2D eigenvalue weighted by Gasteiger charge is -2.36. The SMILES string of the molecule is CSCCC(O)C(=O)N1CCN(c2nc(-c3ccccc3O)nc3cc(C)ccc23)CC1.[HH]. The molecular weight excluding hydrogens is 424 g/mol. The molecule has 1 amide bonds. The number of hydrogen-bond donors (Lipinski definition) is 2. The Kier molecular flexibility index (Phi) is 6.81. The van der Waals surface area contributed by atoms with Crippen LogP contribution >= 0.6 is 11.8 Å². The first-order valence-corrected chi connectivity index (χ1v) is 12.1. The summed E-state index contributed by atoms with van der Waals surface area (Å²) in [5.41, 5.74) is 2.50. The number of aliphatic hydroxyl groups excluding tert-OH is 1. The number of nitrogens with zero attached hydrogens (tertiary/aromatic N) is 4. The van der Waals surface area contributed by atoms with Crippen molar-refractivity contribution < 1.29 is 16.4 Å². The lowest BCUT2D eigenvalue weighted by molar-refractivity contribution is -0.140. The van der Waals surface area contributed by atoms with E-state index in [9.17, 15) is 15.0 Å². The molecule has 7 nitrogen and oxygen atoms in total. The molecular formula is C24H30N4O3S. The summed E-state index contributed by atoms with van der Waals surface area (Å²) in [6.07, 6.45) is 1.50. The number of phenols is 1. The summed E-state index contributed by atoms with van der Waals surface area (Å²) in [4.78, 5) is 26.0. The summed E-state index contributed by atoms with van der Waals surface area (Å²) >= 11 is 1.62. The van der Waals surface area contributed by atoms with Crippen molar-refractivity contribution in [2.24, 2.45) is 0 Å². The van der Waals surface area contributed by atoms with Gasteiger partial charge in [0.05, 0.1) is 11.1 Å². The van der Waals surface area contributed by atoms with Crippen LogP contribution in [0, 0.1) is 6.92 Å². The average Bonchev–Trinajstić information content (AvgIpc) is 2.81. The van der Waals surface area contributed by atoms with E-state index in [1.54, 1.807) is 28.8 Å². The third-order valence-electron chi connectivity index (χ3n) is 5.75. The summed E-state index contributed by atoms with van der Waals surface area (Å²) in [5, 5.41) is 21.5. The number of phenolic OH excluding ortho intramolecular Hbond substituents is 1. The molecule has 0 aliphatic carbocycles. The Morgan fingerprint density at radius 1 is 1.16 bits per heavy atom. The normalized spacial score (nSPS) is 15.2. The maximum atomic E-state index is 12.6. The van der Waals surface area contributed by atoms with Gasteiger partial charge in [-0.15, -0.1) is 0 Å². The van der Waals surface area contributed by atoms with Crippen molar-refractivity contribution in [3.8, 4) is 17.1 Å². The fourth-order valence-electron chi connectivity index (χ4n) is 3.95. The van der Waals surface area contributed by atoms with E-state index in [1.807, 2.05) is 43.5 Å². The summed E-state index contributed by atoms with van der Waals surface area (Å²) in [7, 11) is 0. The van der Waals surface area contributed by atoms with Gasteiger partial charge >= 0.3 is 0 Å². The van der Waals surface area contributed by atoms with Crippen LogP contribution in [0.4, 0.5) is 5.82 Å². The molecule has 0 saturated carbocycles. The number of benzene rings is 2. The van der Waals surface area contributed by atoms with Crippen molar-refractivity contribution in [2.75, 3.05) is 43.1 Å². The van der Waals surface area contributed by atoms with Crippen molar-refractivity contribution >= 4 is 34.4 Å². The predicted octanol–water partition coefficient (Wildman–Crippen LogP) is 3.32. The smallest absolute Gasteiger partial charge is 0.251 e. The number of amides is 1. The Hall–Kier alpha value is -2.84. The third kappa shape index (κ3) is 4.66. The minimum Gasteiger partial charge on any atom is -0.507 e. The molecule has 32 heavy (non-hydrogen) atoms. The number of aryl methyl sites for hydroxylation is 1. The molecule has 170 valence electrons. The standard InChI is InChI=1S/C24H28N4O3S.H2/c1-16-7-8-17-19(15-16)25-22(18-5-3-4-6-20(18)29)26-23(17)27-10-12-28(13-11-27)24(31)21(30)9-14-32-2;/h3-8,15,21,29-30H,9-14H2,1-2H3;1H. The molecule has 8 heteroatoms. The number of carbonyl (C=O) groups is 1. The Balaban J connectivity index is 0.00000306. The van der Waals surface area contributed by atoms with Crippen molar-refractivity contribution in [3.63, 3.8) is 0 Å². The Morgan fingerprint density at radius 2 is 1.91 bits per heavy atom. The predicted molar refractivity (Wildman–Crippen MR) is 131 cm³/mol. The molecule has 1 aliphatic heterocycles. The van der Waals surface area contributed by atoms with Crippen molar-refractivity contribution in [2.45, 2.75) is 19.4 Å². The molecule has 3 aromatic rings. The number of piperazine rings is 1. The minimum absolute atomic E-state index is 0. The molecule has 1 aliphatic rings. The van der Waals surface area contributed by atoms with Gasteiger partial charge in [0.1, 0.15) is 17.7 Å². The summed E-state index contributed by atoms with van der Waals surface area (Å²) in [6.45, 7) is 4.30. The fraction of sp³-hybridized carbons (Fsp3) is 0.375. The third-order valence-corrected chi connectivity index (χ3v) is 6.39. The maximum absolute atomic E-state index is 12.6. The minimum atomic E-state index is -0.940. The lowest BCUT2D eigenvalue weighted by Crippen LogP contribution is -2.51. The van der Waals surface area contributed by atoms with Crippen molar-refractivity contribution in [3.05, 3.63) is 48.0 Å². The second-order valence-electron chi connectivity index (χ2n) is 8.02. The molecule has 2 heterocycles. The first-order valence-electron chi connectivity index (χ1n) is 10.8. The van der Waals surface area contributed by atoms with E-state index in [-0.39, 0.29) is 13.1 Å². The number of aromatic hydroxyl groups is 1. The second kappa shape index (κ2) is 9.75. The highest BCUT2D eigenvalue weighted by atomic mass is 32.2. The number of thioether (sulfide) groups is 1. The topological polar surface area (TPSA) is 89.8 Å². The highest BCUT2D eigenvalue weighted by molar-refractivity contribution is 7.98. The van der Waals surface area contributed by atoms with Crippen LogP contribution in [-0.4, -0.2) is 75.3 Å². The number of hydrogen-bond acceptors (Lipinski definition) is 7. The van der Waals surface area contributed by atoms with E-state index in [0.717, 1.165) is 28.0 Å². The number of rotatable bonds is 6. The van der Waals surface area contributed by atoms with E-state index in [4.69, 9.17) is 9.97 Å². The van der Waals surface area contributed by atoms with Gasteiger partial charge in [-0.1, -0.05) is 18.2 Å². The van der Waals surface area contributed by atoms with E-state index in [1.165, 1.54) is 0 Å². The summed E-state index contributed by atoms with van der Waals surface area (Å²) in [5.74, 6) is 1.97. The monoisotopic (exact) mass is 454 g/mol. The number of aromatic nitrogens is 2. The Labute approximate surface area is 193 Å². The lowest BCUT2D eigenvalue weighted by atomic mass is 10.1. The van der Waals surface area contributed by atoms with Gasteiger partial charge in [-0.05, 0) is 55.2 Å². The fourth-order valence-corrected chi connectivity index (χ4v) is 4.41. The zero-order valence-electron chi connectivity index (χ0n) is 18.4. The molecule has 2 aromatic carbocycles. The molecule has 1 aromatic heterocycles. The largest absolute Gasteiger partial charge is 0.507 e. The zero-order chi connectivity index (χ0) is 22.7. The quantitative estimate of drug-likeness (QED) is 0.591. The number of para-hydroxylation sites is 1. The van der Waals surface area contributed by atoms with Gasteiger partial charge < -0.3 is 20.0 Å². The van der Waals surface area contributed by atoms with E-state index < -0.39 is 6.10 Å². The van der Waals surface area contributed by atoms with E-state index in [0.29, 0.717) is 44.0 Å². The van der Waals surface area contributed by atoms with Gasteiger partial charge in [0.15, 0.2) is 5.82 Å². The van der Waals surface area contributed by atoms with Gasteiger partial charge in [0, 0.05) is 33.0 Å². The molecule has 0 radical (unpaired) electrons. The van der Waals surface area contributed by atoms with Crippen molar-refractivity contribution in [1.82, 2.24) is 14.9 Å². The number of aliphatic hydroxyl groups is 1. The van der Waals surface area contributed by atoms with Gasteiger partial charge in [0.25, 0.3) is 5.91 Å². The number of anilines is 1. The Bertz CT molecular complexity index is 1120. The summed E-state index contributed by atoms with van der Waals surface area (Å²) in [6, 6.07) is 13.1. The van der Waals surface area contributed by atoms with Crippen LogP contribution in [0.25, 0.3) is 22.3 Å². The van der Waals surface area contributed by atoms with Gasteiger partial charge in [-0.3, -0.25) is 4.79 Å². The van der Waals surface area contributed by atoms with Gasteiger partial charge in [-0.25, -0.2) is 9.97 Å². The first kappa shape index (κ1) is 22.4. The average molecular weight is 455 g/mol. The van der Waals surface area contributed by atoms with E-state index in [2.05, 4.69) is 4.90 Å². The van der Waals surface area contributed by atoms with Crippen LogP contribution in [0.1, 0.15) is 13.4 Å². The van der Waals surface area contributed by atoms with Crippen LogP contribution in [-0.2, 0) is 4.79 Å². The van der Waals surface area contributed by atoms with E-state index >= 15 is 0 Å². The molecule has 2 N–H and O–H groups in total. The van der Waals surface area contributed by atoms with Crippen LogP contribution in [0.3, 0.4) is 0 Å². The highest BCUT2D eigenvalue weighted by Gasteiger charge is 2.27. The molecule has 1 saturated heterocycles.